The number of benzene rings is 1. The Kier molecular flexibility index (Phi) is 5.95. The molecule has 0 bridgehead atoms. The number of carbonyl (C=O) groups excluding carboxylic acids is 1. The van der Waals surface area contributed by atoms with Gasteiger partial charge in [0.25, 0.3) is 0 Å². The maximum Gasteiger partial charge on any atom is 0.185 e. The molecule has 0 aliphatic rings. The minimum atomic E-state index is -1.03. The van der Waals surface area contributed by atoms with Crippen LogP contribution in [-0.4, -0.2) is 27.2 Å². The van der Waals surface area contributed by atoms with Crippen molar-refractivity contribution < 1.29 is 15.0 Å². The van der Waals surface area contributed by atoms with Gasteiger partial charge in [-0.25, -0.2) is 0 Å². The molecular formula is C12H16ClNO3S. The molecule has 1 rings (SSSR count). The normalized spacial score (nSPS) is 14.2. The number of aliphatic hydroxyl groups is 2. The third kappa shape index (κ3) is 4.49. The predicted octanol–water partition coefficient (Wildman–Crippen LogP) is 1.99. The van der Waals surface area contributed by atoms with Gasteiger partial charge in [0.15, 0.2) is 5.12 Å². The first kappa shape index (κ1) is 15.3. The number of halogens is 1. The van der Waals surface area contributed by atoms with Crippen molar-refractivity contribution in [3.05, 3.63) is 28.8 Å². The van der Waals surface area contributed by atoms with Crippen molar-refractivity contribution in [1.82, 2.24) is 0 Å². The average molecular weight is 290 g/mol. The quantitative estimate of drug-likeness (QED) is 0.722. The molecule has 18 heavy (non-hydrogen) atoms. The van der Waals surface area contributed by atoms with Crippen LogP contribution in [0.25, 0.3) is 0 Å². The summed E-state index contributed by atoms with van der Waals surface area (Å²) < 4.78 is 0. The monoisotopic (exact) mass is 289 g/mol. The van der Waals surface area contributed by atoms with E-state index in [4.69, 9.17) is 17.3 Å². The zero-order valence-electron chi connectivity index (χ0n) is 9.97. The summed E-state index contributed by atoms with van der Waals surface area (Å²) in [7, 11) is 0. The molecule has 2 atom stereocenters. The number of carbonyl (C=O) groups is 1. The number of hydrogen-bond acceptors (Lipinski definition) is 5. The maximum absolute atomic E-state index is 10.7. The van der Waals surface area contributed by atoms with Crippen LogP contribution >= 0.6 is 23.4 Å². The van der Waals surface area contributed by atoms with Crippen LogP contribution in [0.2, 0.25) is 5.02 Å². The zero-order chi connectivity index (χ0) is 13.7. The number of anilines is 1. The van der Waals surface area contributed by atoms with Crippen LogP contribution in [0.5, 0.6) is 0 Å². The van der Waals surface area contributed by atoms with Gasteiger partial charge in [-0.3, -0.25) is 4.79 Å². The number of hydrogen-bond donors (Lipinski definition) is 3. The van der Waals surface area contributed by atoms with Crippen molar-refractivity contribution in [2.45, 2.75) is 25.6 Å². The van der Waals surface area contributed by atoms with Gasteiger partial charge in [0, 0.05) is 12.7 Å². The Hall–Kier alpha value is -0.750. The number of nitrogen functional groups attached to an aromatic ring is 1. The number of aliphatic hydroxyl groups excluding tert-OH is 2. The fourth-order valence-corrected chi connectivity index (χ4v) is 2.27. The van der Waals surface area contributed by atoms with Crippen molar-refractivity contribution in [2.24, 2.45) is 0 Å². The van der Waals surface area contributed by atoms with Gasteiger partial charge >= 0.3 is 0 Å². The molecule has 0 aromatic heterocycles. The van der Waals surface area contributed by atoms with Gasteiger partial charge in [0.1, 0.15) is 6.10 Å². The van der Waals surface area contributed by atoms with Gasteiger partial charge in [-0.1, -0.05) is 29.4 Å². The minimum absolute atomic E-state index is 0.00720. The molecule has 0 spiro atoms. The number of nitrogens with two attached hydrogens (primary N) is 1. The molecule has 4 nitrogen and oxygen atoms in total. The summed E-state index contributed by atoms with van der Waals surface area (Å²) in [6, 6.07) is 4.73. The van der Waals surface area contributed by atoms with Crippen molar-refractivity contribution in [3.63, 3.8) is 0 Å². The summed E-state index contributed by atoms with van der Waals surface area (Å²) in [5, 5.41) is 20.1. The fourth-order valence-electron chi connectivity index (χ4n) is 1.43. The van der Waals surface area contributed by atoms with Gasteiger partial charge in [-0.2, -0.15) is 0 Å². The first-order valence-corrected chi connectivity index (χ1v) is 6.82. The molecule has 0 heterocycles. The Morgan fingerprint density at radius 1 is 1.50 bits per heavy atom. The lowest BCUT2D eigenvalue weighted by Gasteiger charge is -2.18. The molecule has 0 saturated heterocycles. The molecule has 100 valence electrons. The third-order valence-electron chi connectivity index (χ3n) is 2.45. The third-order valence-corrected chi connectivity index (χ3v) is 3.62. The molecule has 1 aromatic rings. The number of thioether (sulfide) groups is 1. The molecule has 1 aromatic carbocycles. The SMILES string of the molecule is CC(=O)SCCC(O)C(O)c1ccc(N)c(Cl)c1. The van der Waals surface area contributed by atoms with E-state index < -0.39 is 12.2 Å². The molecule has 0 amide bonds. The van der Waals surface area contributed by atoms with Gasteiger partial charge in [0.2, 0.25) is 0 Å². The van der Waals surface area contributed by atoms with E-state index in [-0.39, 0.29) is 5.12 Å². The predicted molar refractivity (Wildman–Crippen MR) is 74.6 cm³/mol. The van der Waals surface area contributed by atoms with Gasteiger partial charge in [0.05, 0.1) is 16.8 Å². The minimum Gasteiger partial charge on any atom is -0.398 e. The van der Waals surface area contributed by atoms with Crippen LogP contribution in [-0.2, 0) is 4.79 Å². The Morgan fingerprint density at radius 2 is 2.17 bits per heavy atom. The standard InChI is InChI=1S/C12H16ClNO3S/c1-7(15)18-5-4-11(16)12(17)8-2-3-10(14)9(13)6-8/h2-3,6,11-12,16-17H,4-5,14H2,1H3. The zero-order valence-corrected chi connectivity index (χ0v) is 11.5. The van der Waals surface area contributed by atoms with Crippen molar-refractivity contribution in [3.8, 4) is 0 Å². The van der Waals surface area contributed by atoms with Crippen LogP contribution in [0.15, 0.2) is 18.2 Å². The lowest BCUT2D eigenvalue weighted by Crippen LogP contribution is -2.19. The van der Waals surface area contributed by atoms with E-state index in [2.05, 4.69) is 0 Å². The van der Waals surface area contributed by atoms with Gasteiger partial charge < -0.3 is 15.9 Å². The van der Waals surface area contributed by atoms with Gasteiger partial charge in [-0.05, 0) is 24.1 Å². The molecule has 0 aliphatic carbocycles. The highest BCUT2D eigenvalue weighted by Crippen LogP contribution is 2.26. The summed E-state index contributed by atoms with van der Waals surface area (Å²) in [5.41, 5.74) is 6.50. The highest BCUT2D eigenvalue weighted by atomic mass is 35.5. The Balaban J connectivity index is 2.59. The summed E-state index contributed by atoms with van der Waals surface area (Å²) in [6.07, 6.45) is -1.64. The Labute approximate surface area is 115 Å². The molecule has 0 radical (unpaired) electrons. The van der Waals surface area contributed by atoms with E-state index in [9.17, 15) is 15.0 Å². The molecule has 0 saturated carbocycles. The second-order valence-corrected chi connectivity index (χ2v) is 5.60. The van der Waals surface area contributed by atoms with Crippen LogP contribution in [0.4, 0.5) is 5.69 Å². The Morgan fingerprint density at radius 3 is 2.72 bits per heavy atom. The van der Waals surface area contributed by atoms with Crippen molar-refractivity contribution in [1.29, 1.82) is 0 Å². The van der Waals surface area contributed by atoms with E-state index >= 15 is 0 Å². The van der Waals surface area contributed by atoms with Gasteiger partial charge in [-0.15, -0.1) is 0 Å². The largest absolute Gasteiger partial charge is 0.398 e. The van der Waals surface area contributed by atoms with E-state index in [0.717, 1.165) is 11.8 Å². The Bertz CT molecular complexity index is 428. The molecule has 2 unspecified atom stereocenters. The summed E-state index contributed by atoms with van der Waals surface area (Å²) in [6.45, 7) is 1.47. The second-order valence-electron chi connectivity index (χ2n) is 3.92. The highest BCUT2D eigenvalue weighted by molar-refractivity contribution is 8.13. The second kappa shape index (κ2) is 6.99. The summed E-state index contributed by atoms with van der Waals surface area (Å²) in [4.78, 5) is 10.7. The molecule has 6 heteroatoms. The topological polar surface area (TPSA) is 83.5 Å². The lowest BCUT2D eigenvalue weighted by molar-refractivity contribution is -0.109. The summed E-state index contributed by atoms with van der Waals surface area (Å²) >= 11 is 6.96. The van der Waals surface area contributed by atoms with E-state index in [1.807, 2.05) is 0 Å². The van der Waals surface area contributed by atoms with Crippen molar-refractivity contribution in [2.75, 3.05) is 11.5 Å². The first-order chi connectivity index (χ1) is 8.41. The smallest absolute Gasteiger partial charge is 0.185 e. The molecular weight excluding hydrogens is 274 g/mol. The van der Waals surface area contributed by atoms with Crippen LogP contribution in [0, 0.1) is 0 Å². The van der Waals surface area contributed by atoms with Crippen molar-refractivity contribution >= 4 is 34.2 Å². The average Bonchev–Trinajstić information content (AvgIpc) is 2.31. The number of rotatable bonds is 5. The highest BCUT2D eigenvalue weighted by Gasteiger charge is 2.19. The van der Waals surface area contributed by atoms with Crippen LogP contribution in [0.3, 0.4) is 0 Å². The lowest BCUT2D eigenvalue weighted by atomic mass is 10.0. The van der Waals surface area contributed by atoms with Crippen LogP contribution in [0.1, 0.15) is 25.0 Å². The van der Waals surface area contributed by atoms with E-state index in [1.54, 1.807) is 12.1 Å². The fraction of sp³-hybridized carbons (Fsp3) is 0.417. The maximum atomic E-state index is 10.7. The summed E-state index contributed by atoms with van der Waals surface area (Å²) in [5.74, 6) is 0.469. The first-order valence-electron chi connectivity index (χ1n) is 5.46. The molecule has 4 N–H and O–H groups in total. The van der Waals surface area contributed by atoms with E-state index in [0.29, 0.717) is 28.4 Å². The van der Waals surface area contributed by atoms with E-state index in [1.165, 1.54) is 13.0 Å². The molecule has 0 aliphatic heterocycles. The van der Waals surface area contributed by atoms with Crippen LogP contribution < -0.4 is 5.73 Å². The molecule has 0 fully saturated rings.